The number of aromatic nitrogens is 3. The summed E-state index contributed by atoms with van der Waals surface area (Å²) in [5.74, 6) is 2.04. The number of rotatable bonds is 2. The number of halogens is 1. The van der Waals surface area contributed by atoms with Crippen molar-refractivity contribution in [2.75, 3.05) is 18.0 Å². The quantitative estimate of drug-likeness (QED) is 0.812. The molecule has 0 bridgehead atoms. The van der Waals surface area contributed by atoms with E-state index >= 15 is 0 Å². The van der Waals surface area contributed by atoms with Crippen LogP contribution < -0.4 is 4.90 Å². The van der Waals surface area contributed by atoms with Crippen LogP contribution in [0.1, 0.15) is 24.1 Å². The van der Waals surface area contributed by atoms with E-state index in [1.54, 1.807) is 13.0 Å². The zero-order chi connectivity index (χ0) is 12.5. The maximum atomic E-state index is 12.8. The first-order valence-electron chi connectivity index (χ1n) is 5.89. The van der Waals surface area contributed by atoms with Crippen molar-refractivity contribution >= 4 is 5.82 Å². The molecule has 3 rings (SSSR count). The summed E-state index contributed by atoms with van der Waals surface area (Å²) in [4.78, 5) is 10.4. The Balaban J connectivity index is 1.73. The Morgan fingerprint density at radius 3 is 3.00 bits per heavy atom. The minimum absolute atomic E-state index is 0.234. The molecule has 1 aliphatic rings. The molecule has 0 spiro atoms. The van der Waals surface area contributed by atoms with Crippen LogP contribution in [-0.4, -0.2) is 28.2 Å². The summed E-state index contributed by atoms with van der Waals surface area (Å²) >= 11 is 0. The first-order valence-corrected chi connectivity index (χ1v) is 5.89. The van der Waals surface area contributed by atoms with Gasteiger partial charge in [0.1, 0.15) is 11.6 Å². The first kappa shape index (κ1) is 11.1. The minimum Gasteiger partial charge on any atom is -0.356 e. The lowest BCUT2D eigenvalue weighted by Gasteiger charge is -2.16. The van der Waals surface area contributed by atoms with Gasteiger partial charge in [-0.2, -0.15) is 4.98 Å². The van der Waals surface area contributed by atoms with Crippen molar-refractivity contribution in [1.29, 1.82) is 0 Å². The third-order valence-corrected chi connectivity index (χ3v) is 3.12. The Kier molecular flexibility index (Phi) is 2.70. The molecule has 1 fully saturated rings. The highest BCUT2D eigenvalue weighted by molar-refractivity contribution is 5.40. The fourth-order valence-electron chi connectivity index (χ4n) is 2.20. The second-order valence-electron chi connectivity index (χ2n) is 4.45. The average Bonchev–Trinajstić information content (AvgIpc) is 2.98. The molecule has 1 saturated heterocycles. The summed E-state index contributed by atoms with van der Waals surface area (Å²) < 4.78 is 18.0. The van der Waals surface area contributed by atoms with Crippen molar-refractivity contribution in [2.24, 2.45) is 0 Å². The molecule has 1 unspecified atom stereocenters. The normalized spacial score (nSPS) is 19.4. The second kappa shape index (κ2) is 4.36. The highest BCUT2D eigenvalue weighted by atomic mass is 19.1. The van der Waals surface area contributed by atoms with Crippen LogP contribution >= 0.6 is 0 Å². The highest BCUT2D eigenvalue weighted by Gasteiger charge is 2.28. The van der Waals surface area contributed by atoms with Gasteiger partial charge in [-0.3, -0.25) is 0 Å². The summed E-state index contributed by atoms with van der Waals surface area (Å²) in [7, 11) is 0. The van der Waals surface area contributed by atoms with Crippen LogP contribution in [0.25, 0.3) is 0 Å². The molecule has 0 saturated carbocycles. The molecule has 0 N–H and O–H groups in total. The zero-order valence-electron chi connectivity index (χ0n) is 10.0. The smallest absolute Gasteiger partial charge is 0.231 e. The Bertz CT molecular complexity index is 539. The van der Waals surface area contributed by atoms with Crippen LogP contribution in [0.2, 0.25) is 0 Å². The molecule has 2 aromatic rings. The number of anilines is 1. The van der Waals surface area contributed by atoms with Gasteiger partial charge in [0.05, 0.1) is 12.1 Å². The van der Waals surface area contributed by atoms with E-state index in [2.05, 4.69) is 20.0 Å². The molecular weight excluding hydrogens is 235 g/mol. The fourth-order valence-corrected chi connectivity index (χ4v) is 2.20. The van der Waals surface area contributed by atoms with Gasteiger partial charge in [0.15, 0.2) is 5.82 Å². The second-order valence-corrected chi connectivity index (χ2v) is 4.45. The van der Waals surface area contributed by atoms with Crippen LogP contribution in [0.5, 0.6) is 0 Å². The zero-order valence-corrected chi connectivity index (χ0v) is 10.0. The van der Waals surface area contributed by atoms with Gasteiger partial charge < -0.3 is 9.42 Å². The van der Waals surface area contributed by atoms with Crippen LogP contribution in [-0.2, 0) is 0 Å². The average molecular weight is 248 g/mol. The van der Waals surface area contributed by atoms with Crippen LogP contribution in [0.4, 0.5) is 10.2 Å². The molecule has 94 valence electrons. The third kappa shape index (κ3) is 2.05. The summed E-state index contributed by atoms with van der Waals surface area (Å²) in [6, 6.07) is 3.11. The van der Waals surface area contributed by atoms with Gasteiger partial charge in [-0.15, -0.1) is 0 Å². The van der Waals surface area contributed by atoms with Gasteiger partial charge in [0, 0.05) is 13.1 Å². The Labute approximate surface area is 104 Å². The molecule has 1 aliphatic heterocycles. The number of hydrogen-bond donors (Lipinski definition) is 0. The number of pyridine rings is 1. The lowest BCUT2D eigenvalue weighted by molar-refractivity contribution is 0.356. The number of aryl methyl sites for hydroxylation is 1. The summed E-state index contributed by atoms with van der Waals surface area (Å²) in [6.45, 7) is 3.45. The summed E-state index contributed by atoms with van der Waals surface area (Å²) in [5.41, 5.74) is 0. The summed E-state index contributed by atoms with van der Waals surface area (Å²) in [5, 5.41) is 3.80. The molecule has 5 nitrogen and oxygen atoms in total. The van der Waals surface area contributed by atoms with Crippen LogP contribution in [0, 0.1) is 12.7 Å². The van der Waals surface area contributed by atoms with Crippen molar-refractivity contribution in [3.05, 3.63) is 35.9 Å². The van der Waals surface area contributed by atoms with E-state index in [0.717, 1.165) is 25.3 Å². The van der Waals surface area contributed by atoms with E-state index < -0.39 is 0 Å². The Hall–Kier alpha value is -1.98. The van der Waals surface area contributed by atoms with E-state index in [4.69, 9.17) is 4.52 Å². The van der Waals surface area contributed by atoms with Gasteiger partial charge >= 0.3 is 0 Å². The molecule has 0 radical (unpaired) electrons. The molecule has 0 amide bonds. The fraction of sp³-hybridized carbons (Fsp3) is 0.417. The maximum absolute atomic E-state index is 12.8. The third-order valence-electron chi connectivity index (χ3n) is 3.12. The van der Waals surface area contributed by atoms with E-state index in [1.807, 2.05) is 0 Å². The predicted octanol–water partition coefficient (Wildman–Crippen LogP) is 1.91. The van der Waals surface area contributed by atoms with E-state index in [0.29, 0.717) is 11.7 Å². The Morgan fingerprint density at radius 2 is 2.33 bits per heavy atom. The molecule has 6 heteroatoms. The van der Waals surface area contributed by atoms with Gasteiger partial charge in [0.2, 0.25) is 5.89 Å². The minimum atomic E-state index is -0.318. The lowest BCUT2D eigenvalue weighted by atomic mass is 10.1. The van der Waals surface area contributed by atoms with Gasteiger partial charge in [-0.05, 0) is 25.5 Å². The lowest BCUT2D eigenvalue weighted by Crippen LogP contribution is -2.20. The van der Waals surface area contributed by atoms with Gasteiger partial charge in [-0.1, -0.05) is 5.16 Å². The predicted molar refractivity (Wildman–Crippen MR) is 62.8 cm³/mol. The highest BCUT2D eigenvalue weighted by Crippen LogP contribution is 2.28. The maximum Gasteiger partial charge on any atom is 0.231 e. The van der Waals surface area contributed by atoms with Crippen molar-refractivity contribution in [1.82, 2.24) is 15.1 Å². The molecule has 18 heavy (non-hydrogen) atoms. The first-order chi connectivity index (χ1) is 8.72. The molecule has 3 heterocycles. The van der Waals surface area contributed by atoms with Crippen molar-refractivity contribution in [2.45, 2.75) is 19.3 Å². The standard InChI is InChI=1S/C12H13FN4O/c1-8-15-12(18-16-8)9-4-5-17(7-9)11-3-2-10(13)6-14-11/h2-3,6,9H,4-5,7H2,1H3. The molecular formula is C12H13FN4O. The van der Waals surface area contributed by atoms with Crippen molar-refractivity contribution < 1.29 is 8.91 Å². The summed E-state index contributed by atoms with van der Waals surface area (Å²) in [6.07, 6.45) is 2.18. The molecule has 1 atom stereocenters. The molecule has 2 aromatic heterocycles. The van der Waals surface area contributed by atoms with E-state index in [-0.39, 0.29) is 11.7 Å². The van der Waals surface area contributed by atoms with Crippen molar-refractivity contribution in [3.8, 4) is 0 Å². The SMILES string of the molecule is Cc1noc(C2CCN(c3ccc(F)cn3)C2)n1. The van der Waals surface area contributed by atoms with Crippen LogP contribution in [0.3, 0.4) is 0 Å². The van der Waals surface area contributed by atoms with E-state index in [1.165, 1.54) is 12.3 Å². The van der Waals surface area contributed by atoms with Gasteiger partial charge in [0.25, 0.3) is 0 Å². The molecule has 0 aromatic carbocycles. The van der Waals surface area contributed by atoms with Crippen molar-refractivity contribution in [3.63, 3.8) is 0 Å². The largest absolute Gasteiger partial charge is 0.356 e. The monoisotopic (exact) mass is 248 g/mol. The number of nitrogens with zero attached hydrogens (tertiary/aromatic N) is 4. The van der Waals surface area contributed by atoms with Crippen LogP contribution in [0.15, 0.2) is 22.9 Å². The number of hydrogen-bond acceptors (Lipinski definition) is 5. The molecule has 0 aliphatic carbocycles. The topological polar surface area (TPSA) is 55.1 Å². The Morgan fingerprint density at radius 1 is 1.44 bits per heavy atom. The van der Waals surface area contributed by atoms with E-state index in [9.17, 15) is 4.39 Å². The van der Waals surface area contributed by atoms with Gasteiger partial charge in [-0.25, -0.2) is 9.37 Å².